The lowest BCUT2D eigenvalue weighted by Gasteiger charge is -2.18. The average Bonchev–Trinajstić information content (AvgIpc) is 2.46. The number of nitrogens with zero attached hydrogens (tertiary/aromatic N) is 1. The average molecular weight is 448 g/mol. The fourth-order valence-electron chi connectivity index (χ4n) is 1.87. The molecular formula is C14H33IN4O2S. The van der Waals surface area contributed by atoms with E-state index in [2.05, 4.69) is 34.2 Å². The summed E-state index contributed by atoms with van der Waals surface area (Å²) in [7, 11) is -1.40. The summed E-state index contributed by atoms with van der Waals surface area (Å²) >= 11 is 0. The van der Waals surface area contributed by atoms with Crippen LogP contribution in [0.25, 0.3) is 0 Å². The Bertz CT molecular complexity index is 388. The van der Waals surface area contributed by atoms with Gasteiger partial charge in [0.25, 0.3) is 0 Å². The summed E-state index contributed by atoms with van der Waals surface area (Å²) in [5, 5.41) is 6.43. The first kappa shape index (κ1) is 24.2. The molecule has 0 saturated carbocycles. The summed E-state index contributed by atoms with van der Waals surface area (Å²) in [6.45, 7) is 6.85. The standard InChI is InChI=1S/C14H32N4O2S.HI/c1-5-7-8-9-10-13(3)18-14(15-4)16-11-12-17-21(19,20)6-2;/h13,17H,5-12H2,1-4H3,(H2,15,16,18);1H. The predicted molar refractivity (Wildman–Crippen MR) is 106 cm³/mol. The van der Waals surface area contributed by atoms with Crippen LogP contribution < -0.4 is 15.4 Å². The van der Waals surface area contributed by atoms with Crippen molar-refractivity contribution in [2.24, 2.45) is 4.99 Å². The van der Waals surface area contributed by atoms with Gasteiger partial charge in [-0.2, -0.15) is 0 Å². The molecule has 6 nitrogen and oxygen atoms in total. The summed E-state index contributed by atoms with van der Waals surface area (Å²) in [5.41, 5.74) is 0. The molecule has 8 heteroatoms. The van der Waals surface area contributed by atoms with Gasteiger partial charge in [0.05, 0.1) is 5.75 Å². The van der Waals surface area contributed by atoms with Gasteiger partial charge in [-0.3, -0.25) is 4.99 Å². The van der Waals surface area contributed by atoms with Crippen LogP contribution in [0.4, 0.5) is 0 Å². The van der Waals surface area contributed by atoms with Gasteiger partial charge in [-0.15, -0.1) is 24.0 Å². The molecule has 3 N–H and O–H groups in total. The molecule has 0 fully saturated rings. The minimum absolute atomic E-state index is 0. The van der Waals surface area contributed by atoms with Gasteiger partial charge in [0.2, 0.25) is 10.0 Å². The molecule has 0 radical (unpaired) electrons. The highest BCUT2D eigenvalue weighted by Gasteiger charge is 2.07. The number of hydrogen-bond acceptors (Lipinski definition) is 3. The summed E-state index contributed by atoms with van der Waals surface area (Å²) in [6.07, 6.45) is 6.14. The molecule has 134 valence electrons. The van der Waals surface area contributed by atoms with E-state index in [0.717, 1.165) is 6.42 Å². The van der Waals surface area contributed by atoms with E-state index < -0.39 is 10.0 Å². The second-order valence-corrected chi connectivity index (χ2v) is 7.29. The van der Waals surface area contributed by atoms with Crippen LogP contribution in [0.2, 0.25) is 0 Å². The maximum Gasteiger partial charge on any atom is 0.211 e. The van der Waals surface area contributed by atoms with Crippen molar-refractivity contribution in [1.29, 1.82) is 0 Å². The molecule has 0 aliphatic heterocycles. The van der Waals surface area contributed by atoms with E-state index in [0.29, 0.717) is 25.1 Å². The van der Waals surface area contributed by atoms with Crippen LogP contribution in [0.3, 0.4) is 0 Å². The number of nitrogens with one attached hydrogen (secondary N) is 3. The lowest BCUT2D eigenvalue weighted by atomic mass is 10.1. The number of halogens is 1. The summed E-state index contributed by atoms with van der Waals surface area (Å²) in [5.74, 6) is 0.822. The van der Waals surface area contributed by atoms with Crippen molar-refractivity contribution in [3.8, 4) is 0 Å². The van der Waals surface area contributed by atoms with E-state index in [1.54, 1.807) is 14.0 Å². The first-order valence-corrected chi connectivity index (χ1v) is 9.54. The maximum atomic E-state index is 11.3. The molecule has 1 atom stereocenters. The SMILES string of the molecule is CCCCCCC(C)NC(=NC)NCCNS(=O)(=O)CC.I. The fourth-order valence-corrected chi connectivity index (χ4v) is 2.48. The second kappa shape index (κ2) is 14.5. The molecule has 0 bridgehead atoms. The smallest absolute Gasteiger partial charge is 0.211 e. The van der Waals surface area contributed by atoms with Crippen LogP contribution in [-0.2, 0) is 10.0 Å². The fraction of sp³-hybridized carbons (Fsp3) is 0.929. The molecule has 0 spiro atoms. The Morgan fingerprint density at radius 2 is 1.82 bits per heavy atom. The van der Waals surface area contributed by atoms with Gasteiger partial charge in [-0.1, -0.05) is 32.6 Å². The Morgan fingerprint density at radius 1 is 1.14 bits per heavy atom. The van der Waals surface area contributed by atoms with E-state index in [1.807, 2.05) is 0 Å². The summed E-state index contributed by atoms with van der Waals surface area (Å²) < 4.78 is 25.1. The summed E-state index contributed by atoms with van der Waals surface area (Å²) in [4.78, 5) is 4.14. The second-order valence-electron chi connectivity index (χ2n) is 5.19. The largest absolute Gasteiger partial charge is 0.355 e. The van der Waals surface area contributed by atoms with Crippen molar-refractivity contribution in [2.75, 3.05) is 25.9 Å². The van der Waals surface area contributed by atoms with Crippen LogP contribution in [0, 0.1) is 0 Å². The van der Waals surface area contributed by atoms with Gasteiger partial charge in [-0.25, -0.2) is 13.1 Å². The van der Waals surface area contributed by atoms with E-state index in [-0.39, 0.29) is 29.7 Å². The first-order chi connectivity index (χ1) is 9.95. The van der Waals surface area contributed by atoms with Gasteiger partial charge in [0.1, 0.15) is 0 Å². The zero-order valence-electron chi connectivity index (χ0n) is 14.3. The van der Waals surface area contributed by atoms with Crippen molar-refractivity contribution in [2.45, 2.75) is 58.9 Å². The third-order valence-corrected chi connectivity index (χ3v) is 4.62. The lowest BCUT2D eigenvalue weighted by molar-refractivity contribution is 0.536. The Labute approximate surface area is 153 Å². The number of sulfonamides is 1. The van der Waals surface area contributed by atoms with Crippen molar-refractivity contribution in [1.82, 2.24) is 15.4 Å². The quantitative estimate of drug-likeness (QED) is 0.196. The molecule has 0 heterocycles. The number of unbranched alkanes of at least 4 members (excludes halogenated alkanes) is 3. The predicted octanol–water partition coefficient (Wildman–Crippen LogP) is 2.07. The van der Waals surface area contributed by atoms with Gasteiger partial charge in [0.15, 0.2) is 5.96 Å². The van der Waals surface area contributed by atoms with Gasteiger partial charge in [0, 0.05) is 26.2 Å². The topological polar surface area (TPSA) is 82.6 Å². The molecule has 1 unspecified atom stereocenters. The van der Waals surface area contributed by atoms with Crippen LogP contribution in [-0.4, -0.2) is 46.3 Å². The zero-order valence-corrected chi connectivity index (χ0v) is 17.5. The molecule has 0 aromatic heterocycles. The van der Waals surface area contributed by atoms with Crippen LogP contribution in [0.1, 0.15) is 52.9 Å². The molecule has 0 aliphatic carbocycles. The first-order valence-electron chi connectivity index (χ1n) is 7.89. The molecule has 0 aliphatic rings. The number of aliphatic imine (C=N–C) groups is 1. The van der Waals surface area contributed by atoms with Crippen molar-refractivity contribution >= 4 is 40.0 Å². The van der Waals surface area contributed by atoms with Crippen LogP contribution >= 0.6 is 24.0 Å². The lowest BCUT2D eigenvalue weighted by Crippen LogP contribution is -2.44. The van der Waals surface area contributed by atoms with E-state index in [1.165, 1.54) is 25.7 Å². The minimum atomic E-state index is -3.12. The highest BCUT2D eigenvalue weighted by Crippen LogP contribution is 2.04. The third-order valence-electron chi connectivity index (χ3n) is 3.22. The number of rotatable bonds is 11. The highest BCUT2D eigenvalue weighted by atomic mass is 127. The molecule has 22 heavy (non-hydrogen) atoms. The Balaban J connectivity index is 0. The van der Waals surface area contributed by atoms with E-state index in [9.17, 15) is 8.42 Å². The van der Waals surface area contributed by atoms with Crippen molar-refractivity contribution < 1.29 is 8.42 Å². The van der Waals surface area contributed by atoms with E-state index in [4.69, 9.17) is 0 Å². The molecule has 0 aromatic rings. The zero-order chi connectivity index (χ0) is 16.1. The third kappa shape index (κ3) is 13.6. The minimum Gasteiger partial charge on any atom is -0.355 e. The Kier molecular flexibility index (Phi) is 15.9. The van der Waals surface area contributed by atoms with E-state index >= 15 is 0 Å². The highest BCUT2D eigenvalue weighted by molar-refractivity contribution is 14.0. The maximum absolute atomic E-state index is 11.3. The van der Waals surface area contributed by atoms with Crippen LogP contribution in [0.15, 0.2) is 4.99 Å². The van der Waals surface area contributed by atoms with Gasteiger partial charge < -0.3 is 10.6 Å². The Hall–Kier alpha value is -0.0900. The van der Waals surface area contributed by atoms with Gasteiger partial charge >= 0.3 is 0 Å². The number of hydrogen-bond donors (Lipinski definition) is 3. The molecule has 0 aromatic carbocycles. The Morgan fingerprint density at radius 3 is 2.36 bits per heavy atom. The molecule has 0 rings (SSSR count). The van der Waals surface area contributed by atoms with Crippen LogP contribution in [0.5, 0.6) is 0 Å². The summed E-state index contributed by atoms with van der Waals surface area (Å²) in [6, 6.07) is 0.361. The monoisotopic (exact) mass is 448 g/mol. The molecule has 0 saturated heterocycles. The molecular weight excluding hydrogens is 415 g/mol. The normalized spacial score (nSPS) is 13.4. The number of guanidine groups is 1. The van der Waals surface area contributed by atoms with Crippen molar-refractivity contribution in [3.05, 3.63) is 0 Å². The molecule has 0 amide bonds. The van der Waals surface area contributed by atoms with Crippen molar-refractivity contribution in [3.63, 3.8) is 0 Å². The van der Waals surface area contributed by atoms with Gasteiger partial charge in [-0.05, 0) is 20.3 Å².